The van der Waals surface area contributed by atoms with Crippen LogP contribution in [0.1, 0.15) is 34.7 Å². The van der Waals surface area contributed by atoms with E-state index in [9.17, 15) is 9.59 Å². The second-order valence-corrected chi connectivity index (χ2v) is 10.4. The summed E-state index contributed by atoms with van der Waals surface area (Å²) in [5.41, 5.74) is 5.53. The van der Waals surface area contributed by atoms with Gasteiger partial charge < -0.3 is 19.3 Å². The molecule has 1 aromatic heterocycles. The maximum atomic E-state index is 14.0. The summed E-state index contributed by atoms with van der Waals surface area (Å²) in [6, 6.07) is 20.4. The lowest BCUT2D eigenvalue weighted by Gasteiger charge is -2.32. The molecule has 2 heterocycles. The Hall–Kier alpha value is -4.63. The maximum Gasteiger partial charge on any atom is 0.341 e. The molecule has 202 valence electrons. The molecule has 0 amide bonds. The van der Waals surface area contributed by atoms with Gasteiger partial charge in [-0.1, -0.05) is 53.8 Å². The van der Waals surface area contributed by atoms with Crippen LogP contribution in [-0.4, -0.2) is 36.5 Å². The fourth-order valence-corrected chi connectivity index (χ4v) is 6.44. The standard InChI is InChI=1S/C31H26N2O6S/c1-37-24-12-6-10-21-20(24)13-14-23-28(21)32-31-33(29(23)22-9-3-4-11-25(22)38-2)30(36)26(40-31)16-18-7-5-8-19(15-18)39-17-27(34)35/h3-12,15-16,29H,13-14,17H2,1-2H3,(H,34,35)/b26-16-. The molecule has 0 fully saturated rings. The van der Waals surface area contributed by atoms with Crippen LogP contribution in [0.15, 0.2) is 82.1 Å². The summed E-state index contributed by atoms with van der Waals surface area (Å²) in [5.74, 6) is 0.895. The number of carbonyl (C=O) groups is 1. The fraction of sp³-hybridized carbons (Fsp3) is 0.194. The molecular weight excluding hydrogens is 528 g/mol. The number of nitrogens with zero attached hydrogens (tertiary/aromatic N) is 2. The van der Waals surface area contributed by atoms with Crippen LogP contribution in [0.25, 0.3) is 11.8 Å². The van der Waals surface area contributed by atoms with E-state index in [-0.39, 0.29) is 11.6 Å². The van der Waals surface area contributed by atoms with Gasteiger partial charge in [-0.3, -0.25) is 9.36 Å². The summed E-state index contributed by atoms with van der Waals surface area (Å²) in [6.45, 7) is -0.442. The Balaban J connectivity index is 1.56. The summed E-state index contributed by atoms with van der Waals surface area (Å²) in [5, 5.41) is 8.94. The van der Waals surface area contributed by atoms with Gasteiger partial charge in [0.2, 0.25) is 0 Å². The minimum atomic E-state index is -1.06. The smallest absolute Gasteiger partial charge is 0.341 e. The van der Waals surface area contributed by atoms with Gasteiger partial charge >= 0.3 is 5.97 Å². The number of aromatic nitrogens is 1. The number of aliphatic carboxylic acids is 1. The van der Waals surface area contributed by atoms with Gasteiger partial charge in [0.1, 0.15) is 17.2 Å². The van der Waals surface area contributed by atoms with E-state index in [1.807, 2.05) is 42.5 Å². The summed E-state index contributed by atoms with van der Waals surface area (Å²) >= 11 is 1.32. The van der Waals surface area contributed by atoms with E-state index in [4.69, 9.17) is 24.3 Å². The molecule has 1 N–H and O–H groups in total. The van der Waals surface area contributed by atoms with Crippen LogP contribution in [0, 0.1) is 0 Å². The number of ether oxygens (including phenoxy) is 3. The Bertz CT molecular complexity index is 1850. The van der Waals surface area contributed by atoms with Crippen molar-refractivity contribution in [3.8, 4) is 17.2 Å². The largest absolute Gasteiger partial charge is 0.496 e. The van der Waals surface area contributed by atoms with Gasteiger partial charge in [-0.25, -0.2) is 9.79 Å². The molecule has 2 aliphatic rings. The SMILES string of the molecule is COc1ccccc1C1C2=C(N=c3s/c(=C\c4cccc(OCC(=O)O)c4)c(=O)n31)c1cccc(OC)c1CC2. The molecule has 1 aliphatic carbocycles. The zero-order valence-electron chi connectivity index (χ0n) is 21.9. The Morgan fingerprint density at radius 3 is 2.62 bits per heavy atom. The predicted molar refractivity (Wildman–Crippen MR) is 152 cm³/mol. The molecule has 0 radical (unpaired) electrons. The average molecular weight is 555 g/mol. The summed E-state index contributed by atoms with van der Waals surface area (Å²) in [6.07, 6.45) is 3.28. The Kier molecular flexibility index (Phi) is 6.73. The van der Waals surface area contributed by atoms with Crippen LogP contribution in [0.3, 0.4) is 0 Å². The molecule has 3 aromatic carbocycles. The van der Waals surface area contributed by atoms with Crippen molar-refractivity contribution in [1.29, 1.82) is 0 Å². The summed E-state index contributed by atoms with van der Waals surface area (Å²) < 4.78 is 19.0. The third kappa shape index (κ3) is 4.48. The maximum absolute atomic E-state index is 14.0. The molecule has 0 saturated heterocycles. The van der Waals surface area contributed by atoms with E-state index in [1.165, 1.54) is 11.3 Å². The third-order valence-corrected chi connectivity index (χ3v) is 8.12. The van der Waals surface area contributed by atoms with Crippen LogP contribution in [0.2, 0.25) is 0 Å². The topological polar surface area (TPSA) is 99.4 Å². The number of para-hydroxylation sites is 1. The van der Waals surface area contributed by atoms with Gasteiger partial charge in [0.15, 0.2) is 11.4 Å². The van der Waals surface area contributed by atoms with Crippen LogP contribution >= 0.6 is 11.3 Å². The predicted octanol–water partition coefficient (Wildman–Crippen LogP) is 3.80. The van der Waals surface area contributed by atoms with Crippen molar-refractivity contribution in [2.24, 2.45) is 4.99 Å². The minimum absolute atomic E-state index is 0.153. The van der Waals surface area contributed by atoms with Crippen molar-refractivity contribution in [1.82, 2.24) is 4.57 Å². The molecule has 1 aliphatic heterocycles. The van der Waals surface area contributed by atoms with Crippen molar-refractivity contribution in [3.05, 3.63) is 114 Å². The first-order valence-corrected chi connectivity index (χ1v) is 13.6. The molecule has 40 heavy (non-hydrogen) atoms. The van der Waals surface area contributed by atoms with Crippen molar-refractivity contribution in [2.75, 3.05) is 20.8 Å². The van der Waals surface area contributed by atoms with Crippen LogP contribution < -0.4 is 29.1 Å². The number of carboxylic acid groups (broad SMARTS) is 1. The van der Waals surface area contributed by atoms with Gasteiger partial charge in [0.05, 0.1) is 30.5 Å². The first-order chi connectivity index (χ1) is 19.5. The Labute approximate surface area is 233 Å². The molecule has 8 nitrogen and oxygen atoms in total. The lowest BCUT2D eigenvalue weighted by Crippen LogP contribution is -2.39. The molecule has 1 unspecified atom stereocenters. The summed E-state index contributed by atoms with van der Waals surface area (Å²) in [7, 11) is 3.31. The average Bonchev–Trinajstić information content (AvgIpc) is 3.28. The second-order valence-electron chi connectivity index (χ2n) is 9.44. The highest BCUT2D eigenvalue weighted by Crippen LogP contribution is 2.45. The van der Waals surface area contributed by atoms with Crippen molar-refractivity contribution < 1.29 is 24.1 Å². The number of carboxylic acids is 1. The van der Waals surface area contributed by atoms with Crippen LogP contribution in [0.4, 0.5) is 0 Å². The van der Waals surface area contributed by atoms with Crippen molar-refractivity contribution in [3.63, 3.8) is 0 Å². The number of benzene rings is 3. The third-order valence-electron chi connectivity index (χ3n) is 7.14. The number of fused-ring (bicyclic) bond motifs is 3. The van der Waals surface area contributed by atoms with E-state index in [0.29, 0.717) is 20.8 Å². The molecular formula is C31H26N2O6S. The van der Waals surface area contributed by atoms with E-state index in [1.54, 1.807) is 43.1 Å². The highest BCUT2D eigenvalue weighted by molar-refractivity contribution is 7.07. The van der Waals surface area contributed by atoms with Gasteiger partial charge in [-0.2, -0.15) is 0 Å². The van der Waals surface area contributed by atoms with Crippen LogP contribution in [0.5, 0.6) is 17.2 Å². The van der Waals surface area contributed by atoms with Crippen molar-refractivity contribution >= 4 is 29.1 Å². The van der Waals surface area contributed by atoms with Gasteiger partial charge in [-0.05, 0) is 54.3 Å². The molecule has 0 bridgehead atoms. The Morgan fingerprint density at radius 1 is 1.05 bits per heavy atom. The van der Waals surface area contributed by atoms with E-state index >= 15 is 0 Å². The zero-order valence-corrected chi connectivity index (χ0v) is 22.7. The van der Waals surface area contributed by atoms with Gasteiger partial charge in [0.25, 0.3) is 5.56 Å². The second kappa shape index (κ2) is 10.5. The Morgan fingerprint density at radius 2 is 1.82 bits per heavy atom. The lowest BCUT2D eigenvalue weighted by molar-refractivity contribution is -0.139. The molecule has 0 saturated carbocycles. The fourth-order valence-electron chi connectivity index (χ4n) is 5.44. The van der Waals surface area contributed by atoms with E-state index in [2.05, 4.69) is 6.07 Å². The number of rotatable bonds is 7. The lowest BCUT2D eigenvalue weighted by atomic mass is 9.82. The highest BCUT2D eigenvalue weighted by Gasteiger charge is 2.34. The summed E-state index contributed by atoms with van der Waals surface area (Å²) in [4.78, 5) is 30.6. The number of methoxy groups -OCH3 is 2. The molecule has 6 rings (SSSR count). The van der Waals surface area contributed by atoms with E-state index in [0.717, 1.165) is 52.1 Å². The number of thiazole rings is 1. The highest BCUT2D eigenvalue weighted by atomic mass is 32.1. The van der Waals surface area contributed by atoms with Crippen LogP contribution in [-0.2, 0) is 11.2 Å². The monoisotopic (exact) mass is 554 g/mol. The number of allylic oxidation sites excluding steroid dienone is 1. The van der Waals surface area contributed by atoms with Crippen molar-refractivity contribution in [2.45, 2.75) is 18.9 Å². The van der Waals surface area contributed by atoms with E-state index < -0.39 is 12.6 Å². The van der Waals surface area contributed by atoms with Gasteiger partial charge in [0, 0.05) is 16.7 Å². The molecule has 9 heteroatoms. The first-order valence-electron chi connectivity index (χ1n) is 12.8. The minimum Gasteiger partial charge on any atom is -0.496 e. The normalized spacial score (nSPS) is 15.9. The number of hydrogen-bond donors (Lipinski definition) is 1. The quantitative estimate of drug-likeness (QED) is 0.373. The van der Waals surface area contributed by atoms with Gasteiger partial charge in [-0.15, -0.1) is 0 Å². The molecule has 0 spiro atoms. The first kappa shape index (κ1) is 25.6. The molecule has 1 atom stereocenters. The molecule has 4 aromatic rings. The number of hydrogen-bond acceptors (Lipinski definition) is 7. The zero-order chi connectivity index (χ0) is 27.8.